The average Bonchev–Trinajstić information content (AvgIpc) is 2.72. The summed E-state index contributed by atoms with van der Waals surface area (Å²) in [6, 6.07) is 11.0. The summed E-state index contributed by atoms with van der Waals surface area (Å²) in [6.07, 6.45) is -6.50. The second-order valence-corrected chi connectivity index (χ2v) is 6.81. The van der Waals surface area contributed by atoms with Crippen molar-refractivity contribution in [3.8, 4) is 17.2 Å². The fourth-order valence-corrected chi connectivity index (χ4v) is 3.52. The van der Waals surface area contributed by atoms with E-state index < -0.39 is 46.8 Å². The summed E-state index contributed by atoms with van der Waals surface area (Å²) in [5.74, 6) is -3.21. The first-order valence-corrected chi connectivity index (χ1v) is 8.89. The first-order chi connectivity index (χ1) is 14.6. The predicted octanol–water partition coefficient (Wildman–Crippen LogP) is 3.85. The minimum absolute atomic E-state index is 0.0370. The van der Waals surface area contributed by atoms with Crippen LogP contribution in [0.3, 0.4) is 0 Å². The third kappa shape index (κ3) is 3.49. The molecule has 6 nitrogen and oxygen atoms in total. The number of halogens is 3. The van der Waals surface area contributed by atoms with E-state index in [1.54, 1.807) is 6.07 Å². The summed E-state index contributed by atoms with van der Waals surface area (Å²) in [4.78, 5) is 25.6. The van der Waals surface area contributed by atoms with Gasteiger partial charge in [0.2, 0.25) is 0 Å². The molecule has 4 rings (SSSR count). The van der Waals surface area contributed by atoms with Gasteiger partial charge in [-0.2, -0.15) is 0 Å². The van der Waals surface area contributed by atoms with Crippen LogP contribution < -0.4 is 4.74 Å². The smallest absolute Gasteiger partial charge is 0.507 e. The van der Waals surface area contributed by atoms with E-state index in [9.17, 15) is 38.1 Å². The fourth-order valence-electron chi connectivity index (χ4n) is 3.52. The summed E-state index contributed by atoms with van der Waals surface area (Å²) in [5, 5.41) is 31.7. The van der Waals surface area contributed by atoms with Crippen molar-refractivity contribution in [2.45, 2.75) is 12.5 Å². The molecule has 1 aliphatic carbocycles. The molecule has 0 aromatic heterocycles. The molecular formula is C22H13F3O6. The highest BCUT2D eigenvalue weighted by atomic mass is 19.4. The van der Waals surface area contributed by atoms with E-state index in [2.05, 4.69) is 4.74 Å². The number of hydrogen-bond acceptors (Lipinski definition) is 6. The molecule has 0 saturated heterocycles. The number of aliphatic hydroxyl groups is 1. The fraction of sp³-hybridized carbons (Fsp3) is 0.0909. The van der Waals surface area contributed by atoms with Crippen molar-refractivity contribution in [2.75, 3.05) is 0 Å². The number of carbonyl (C=O) groups excluding carboxylic acids is 2. The zero-order valence-corrected chi connectivity index (χ0v) is 15.5. The molecule has 3 aromatic carbocycles. The third-order valence-corrected chi connectivity index (χ3v) is 4.90. The van der Waals surface area contributed by atoms with E-state index in [1.165, 1.54) is 18.2 Å². The molecule has 9 heteroatoms. The molecule has 3 aromatic rings. The molecular weight excluding hydrogens is 417 g/mol. The number of phenolic OH excluding ortho intramolecular Hbond substituents is 2. The van der Waals surface area contributed by atoms with Crippen LogP contribution >= 0.6 is 0 Å². The van der Waals surface area contributed by atoms with Crippen LogP contribution in [0.4, 0.5) is 13.2 Å². The van der Waals surface area contributed by atoms with Crippen molar-refractivity contribution < 1.29 is 42.8 Å². The highest BCUT2D eigenvalue weighted by Crippen LogP contribution is 2.43. The van der Waals surface area contributed by atoms with Gasteiger partial charge in [-0.3, -0.25) is 9.59 Å². The SMILES string of the molecule is O=C1c2ccccc2C(=O)c2c(O)c(C(O)c3ccc(OC(F)(F)F)cc3)cc(O)c21. The van der Waals surface area contributed by atoms with E-state index >= 15 is 0 Å². The first-order valence-electron chi connectivity index (χ1n) is 8.89. The maximum Gasteiger partial charge on any atom is 0.573 e. The average molecular weight is 430 g/mol. The van der Waals surface area contributed by atoms with Gasteiger partial charge in [0, 0.05) is 16.7 Å². The molecule has 31 heavy (non-hydrogen) atoms. The highest BCUT2D eigenvalue weighted by Gasteiger charge is 2.36. The Morgan fingerprint density at radius 2 is 1.39 bits per heavy atom. The number of aliphatic hydroxyl groups excluding tert-OH is 1. The van der Waals surface area contributed by atoms with E-state index in [4.69, 9.17) is 0 Å². The Bertz CT molecular complexity index is 1220. The quantitative estimate of drug-likeness (QED) is 0.427. The number of ketones is 2. The van der Waals surface area contributed by atoms with E-state index in [-0.39, 0.29) is 27.8 Å². The van der Waals surface area contributed by atoms with Crippen LogP contribution in [-0.4, -0.2) is 33.2 Å². The Labute approximate surface area is 172 Å². The molecule has 0 spiro atoms. The lowest BCUT2D eigenvalue weighted by Crippen LogP contribution is -2.22. The number of phenols is 2. The monoisotopic (exact) mass is 430 g/mol. The number of aromatic hydroxyl groups is 2. The lowest BCUT2D eigenvalue weighted by molar-refractivity contribution is -0.274. The van der Waals surface area contributed by atoms with Gasteiger partial charge in [-0.25, -0.2) is 0 Å². The van der Waals surface area contributed by atoms with Crippen LogP contribution in [-0.2, 0) is 0 Å². The van der Waals surface area contributed by atoms with Gasteiger partial charge in [-0.1, -0.05) is 36.4 Å². The maximum atomic E-state index is 12.9. The van der Waals surface area contributed by atoms with Crippen LogP contribution in [0.5, 0.6) is 17.2 Å². The minimum atomic E-state index is -4.88. The molecule has 1 aliphatic rings. The lowest BCUT2D eigenvalue weighted by Gasteiger charge is -2.22. The van der Waals surface area contributed by atoms with Gasteiger partial charge < -0.3 is 20.1 Å². The zero-order chi connectivity index (χ0) is 22.5. The summed E-state index contributed by atoms with van der Waals surface area (Å²) >= 11 is 0. The van der Waals surface area contributed by atoms with E-state index in [0.717, 1.165) is 30.3 Å². The first kappa shape index (κ1) is 20.4. The second-order valence-electron chi connectivity index (χ2n) is 6.81. The Morgan fingerprint density at radius 1 is 0.839 bits per heavy atom. The Hall–Kier alpha value is -3.85. The van der Waals surface area contributed by atoms with Crippen molar-refractivity contribution >= 4 is 11.6 Å². The van der Waals surface area contributed by atoms with Crippen molar-refractivity contribution in [3.63, 3.8) is 0 Å². The van der Waals surface area contributed by atoms with Gasteiger partial charge in [0.25, 0.3) is 0 Å². The van der Waals surface area contributed by atoms with Gasteiger partial charge >= 0.3 is 6.36 Å². The topological polar surface area (TPSA) is 104 Å². The molecule has 0 bridgehead atoms. The summed E-state index contributed by atoms with van der Waals surface area (Å²) in [6.45, 7) is 0. The van der Waals surface area contributed by atoms with Crippen molar-refractivity contribution in [1.82, 2.24) is 0 Å². The number of hydrogen-bond donors (Lipinski definition) is 3. The minimum Gasteiger partial charge on any atom is -0.507 e. The second kappa shape index (κ2) is 7.13. The van der Waals surface area contributed by atoms with Crippen molar-refractivity contribution in [1.29, 1.82) is 0 Å². The van der Waals surface area contributed by atoms with Crippen LogP contribution in [0.1, 0.15) is 49.1 Å². The van der Waals surface area contributed by atoms with Gasteiger partial charge in [0.15, 0.2) is 11.6 Å². The molecule has 0 aliphatic heterocycles. The normalized spacial score (nSPS) is 14.1. The zero-order valence-electron chi connectivity index (χ0n) is 15.5. The molecule has 3 N–H and O–H groups in total. The number of carbonyl (C=O) groups is 2. The Balaban J connectivity index is 1.77. The molecule has 0 heterocycles. The van der Waals surface area contributed by atoms with Crippen LogP contribution in [0.2, 0.25) is 0 Å². The molecule has 0 radical (unpaired) electrons. The molecule has 0 amide bonds. The number of rotatable bonds is 3. The van der Waals surface area contributed by atoms with Gasteiger partial charge in [0.05, 0.1) is 11.1 Å². The van der Waals surface area contributed by atoms with Crippen LogP contribution in [0.25, 0.3) is 0 Å². The largest absolute Gasteiger partial charge is 0.573 e. The summed E-state index contributed by atoms with van der Waals surface area (Å²) < 4.78 is 40.7. The van der Waals surface area contributed by atoms with Crippen LogP contribution in [0.15, 0.2) is 54.6 Å². The Morgan fingerprint density at radius 3 is 1.94 bits per heavy atom. The molecule has 0 saturated carbocycles. The number of benzene rings is 3. The molecule has 1 atom stereocenters. The lowest BCUT2D eigenvalue weighted by atomic mass is 9.81. The third-order valence-electron chi connectivity index (χ3n) is 4.90. The Kier molecular flexibility index (Phi) is 4.70. The summed E-state index contributed by atoms with van der Waals surface area (Å²) in [5.41, 5.74) is -0.959. The van der Waals surface area contributed by atoms with Crippen molar-refractivity contribution in [3.05, 3.63) is 88.0 Å². The maximum absolute atomic E-state index is 12.9. The van der Waals surface area contributed by atoms with Gasteiger partial charge in [-0.05, 0) is 23.8 Å². The number of ether oxygens (including phenoxy) is 1. The summed E-state index contributed by atoms with van der Waals surface area (Å²) in [7, 11) is 0. The standard InChI is InChI=1S/C22H13F3O6/c23-22(24,25)31-11-7-5-10(6-8-11)18(27)14-9-15(26)16-17(21(14)30)20(29)13-4-2-1-3-12(13)19(16)28/h1-9,18,26-27,30H. The van der Waals surface area contributed by atoms with Gasteiger partial charge in [0.1, 0.15) is 23.4 Å². The highest BCUT2D eigenvalue weighted by molar-refractivity contribution is 6.30. The van der Waals surface area contributed by atoms with E-state index in [1.807, 2.05) is 0 Å². The number of alkyl halides is 3. The van der Waals surface area contributed by atoms with Crippen LogP contribution in [0, 0.1) is 0 Å². The molecule has 0 fully saturated rings. The molecule has 1 unspecified atom stereocenters. The van der Waals surface area contributed by atoms with Crippen molar-refractivity contribution in [2.24, 2.45) is 0 Å². The van der Waals surface area contributed by atoms with Gasteiger partial charge in [-0.15, -0.1) is 13.2 Å². The van der Waals surface area contributed by atoms with E-state index in [0.29, 0.717) is 0 Å². The molecule has 158 valence electrons. The number of fused-ring (bicyclic) bond motifs is 2. The predicted molar refractivity (Wildman–Crippen MR) is 100 cm³/mol.